The van der Waals surface area contributed by atoms with Crippen molar-refractivity contribution in [2.45, 2.75) is 13.1 Å². The highest BCUT2D eigenvalue weighted by Crippen LogP contribution is 2.40. The summed E-state index contributed by atoms with van der Waals surface area (Å²) in [6.07, 6.45) is 1.86. The van der Waals surface area contributed by atoms with Gasteiger partial charge in [-0.25, -0.2) is 4.79 Å². The number of aromatic nitrogens is 1. The number of carbonyl (C=O) groups excluding carboxylic acids is 1. The lowest BCUT2D eigenvalue weighted by atomic mass is 9.99. The Morgan fingerprint density at radius 2 is 1.62 bits per heavy atom. The van der Waals surface area contributed by atoms with Gasteiger partial charge in [0.05, 0.1) is 5.69 Å². The first kappa shape index (κ1) is 19.4. The van der Waals surface area contributed by atoms with Crippen molar-refractivity contribution >= 4 is 54.1 Å². The van der Waals surface area contributed by atoms with Crippen molar-refractivity contribution in [3.05, 3.63) is 102 Å². The lowest BCUT2D eigenvalue weighted by molar-refractivity contribution is 0.212. The molecule has 1 aliphatic heterocycles. The van der Waals surface area contributed by atoms with E-state index in [-0.39, 0.29) is 6.03 Å². The molecule has 4 nitrogen and oxygen atoms in total. The number of aromatic amines is 1. The highest BCUT2D eigenvalue weighted by atomic mass is 32.1. The summed E-state index contributed by atoms with van der Waals surface area (Å²) in [5.74, 6) is 0. The minimum atomic E-state index is -0.0749. The molecule has 6 aromatic rings. The molecule has 0 saturated carbocycles. The van der Waals surface area contributed by atoms with Crippen LogP contribution in [0, 0.1) is 0 Å². The van der Waals surface area contributed by atoms with Crippen molar-refractivity contribution in [2.75, 3.05) is 5.32 Å². The molecule has 0 spiro atoms. The fraction of sp³-hybridized carbons (Fsp3) is 0.0690. The quantitative estimate of drug-likeness (QED) is 0.273. The summed E-state index contributed by atoms with van der Waals surface area (Å²) in [5, 5.41) is 6.72. The first-order chi connectivity index (χ1) is 16.7. The van der Waals surface area contributed by atoms with Crippen LogP contribution in [-0.4, -0.2) is 15.9 Å². The summed E-state index contributed by atoms with van der Waals surface area (Å²) < 4.78 is 2.63. The van der Waals surface area contributed by atoms with Crippen LogP contribution < -0.4 is 5.32 Å². The Labute approximate surface area is 200 Å². The van der Waals surface area contributed by atoms with Gasteiger partial charge in [0.1, 0.15) is 0 Å². The van der Waals surface area contributed by atoms with Crippen molar-refractivity contribution in [1.29, 1.82) is 0 Å². The number of hydrogen-bond donors (Lipinski definition) is 2. The largest absolute Gasteiger partial charge is 0.359 e. The van der Waals surface area contributed by atoms with Gasteiger partial charge in [-0.1, -0.05) is 66.7 Å². The van der Waals surface area contributed by atoms with Gasteiger partial charge in [0.15, 0.2) is 0 Å². The fourth-order valence-corrected chi connectivity index (χ4v) is 6.29. The van der Waals surface area contributed by atoms with Gasteiger partial charge < -0.3 is 15.2 Å². The molecule has 34 heavy (non-hydrogen) atoms. The number of para-hydroxylation sites is 1. The second-order valence-electron chi connectivity index (χ2n) is 8.80. The second-order valence-corrected chi connectivity index (χ2v) is 9.85. The predicted octanol–water partition coefficient (Wildman–Crippen LogP) is 7.75. The van der Waals surface area contributed by atoms with Crippen LogP contribution in [0.15, 0.2) is 91.1 Å². The Hall–Kier alpha value is -4.09. The third-order valence-corrected chi connectivity index (χ3v) is 7.98. The summed E-state index contributed by atoms with van der Waals surface area (Å²) in [4.78, 5) is 18.1. The second kappa shape index (κ2) is 7.47. The topological polar surface area (TPSA) is 48.1 Å². The molecule has 164 valence electrons. The van der Waals surface area contributed by atoms with Gasteiger partial charge in [-0.15, -0.1) is 11.3 Å². The van der Waals surface area contributed by atoms with E-state index in [0.717, 1.165) is 16.6 Å². The van der Waals surface area contributed by atoms with Gasteiger partial charge >= 0.3 is 6.03 Å². The number of amides is 2. The van der Waals surface area contributed by atoms with E-state index < -0.39 is 0 Å². The Balaban J connectivity index is 1.19. The highest BCUT2D eigenvalue weighted by molar-refractivity contribution is 7.26. The number of fused-ring (bicyclic) bond motifs is 5. The molecule has 0 saturated heterocycles. The average molecular weight is 460 g/mol. The van der Waals surface area contributed by atoms with Gasteiger partial charge in [0.25, 0.3) is 0 Å². The number of anilines is 1. The van der Waals surface area contributed by atoms with E-state index in [1.54, 1.807) is 0 Å². The molecule has 0 aliphatic carbocycles. The third kappa shape index (κ3) is 3.01. The third-order valence-electron chi connectivity index (χ3n) is 6.76. The predicted molar refractivity (Wildman–Crippen MR) is 141 cm³/mol. The number of hydrogen-bond acceptors (Lipinski definition) is 2. The summed E-state index contributed by atoms with van der Waals surface area (Å²) >= 11 is 1.85. The zero-order chi connectivity index (χ0) is 22.6. The minimum absolute atomic E-state index is 0.0749. The van der Waals surface area contributed by atoms with Crippen molar-refractivity contribution in [3.8, 4) is 11.1 Å². The lowest BCUT2D eigenvalue weighted by Gasteiger charge is -2.16. The molecular weight excluding hydrogens is 438 g/mol. The van der Waals surface area contributed by atoms with Crippen LogP contribution in [0.4, 0.5) is 10.5 Å². The first-order valence-electron chi connectivity index (χ1n) is 11.4. The van der Waals surface area contributed by atoms with Gasteiger partial charge in [-0.2, -0.15) is 0 Å². The van der Waals surface area contributed by atoms with E-state index >= 15 is 0 Å². The van der Waals surface area contributed by atoms with Crippen LogP contribution in [0.25, 0.3) is 42.2 Å². The van der Waals surface area contributed by atoms with E-state index in [4.69, 9.17) is 0 Å². The van der Waals surface area contributed by atoms with Crippen molar-refractivity contribution in [2.24, 2.45) is 0 Å². The maximum atomic E-state index is 13.1. The van der Waals surface area contributed by atoms with Crippen LogP contribution in [0.2, 0.25) is 0 Å². The Morgan fingerprint density at radius 3 is 2.56 bits per heavy atom. The zero-order valence-corrected chi connectivity index (χ0v) is 19.2. The monoisotopic (exact) mass is 459 g/mol. The summed E-state index contributed by atoms with van der Waals surface area (Å²) in [6.45, 7) is 1.23. The van der Waals surface area contributed by atoms with Crippen molar-refractivity contribution < 1.29 is 4.79 Å². The molecule has 0 unspecified atom stereocenters. The van der Waals surface area contributed by atoms with Crippen molar-refractivity contribution in [3.63, 3.8) is 0 Å². The number of H-pyrrole nitrogens is 1. The summed E-state index contributed by atoms with van der Waals surface area (Å²) in [7, 11) is 0. The van der Waals surface area contributed by atoms with Crippen LogP contribution in [0.1, 0.15) is 11.1 Å². The zero-order valence-electron chi connectivity index (χ0n) is 18.3. The molecule has 0 bridgehead atoms. The number of nitrogens with zero attached hydrogens (tertiary/aromatic N) is 1. The summed E-state index contributed by atoms with van der Waals surface area (Å²) in [5.41, 5.74) is 6.71. The smallest absolute Gasteiger partial charge is 0.322 e. The fourth-order valence-electron chi connectivity index (χ4n) is 5.05. The van der Waals surface area contributed by atoms with Crippen LogP contribution in [0.3, 0.4) is 0 Å². The van der Waals surface area contributed by atoms with E-state index in [1.165, 1.54) is 42.4 Å². The number of carbonyl (C=O) groups is 1. The minimum Gasteiger partial charge on any atom is -0.359 e. The standard InChI is InChI=1S/C29H21N3OS/c33-29(31-26-15-30-25-10-3-1-7-24(25)26)32-16-19-13-12-18(14-20(19)17-32)21-8-5-9-23-22-6-2-4-11-27(22)34-28(21)23/h1-15,30H,16-17H2,(H,31,33). The summed E-state index contributed by atoms with van der Waals surface area (Å²) in [6, 6.07) is 29.7. The molecule has 0 fully saturated rings. The number of benzene rings is 4. The van der Waals surface area contributed by atoms with Gasteiger partial charge in [0, 0.05) is 50.4 Å². The van der Waals surface area contributed by atoms with Gasteiger partial charge in [0.2, 0.25) is 0 Å². The average Bonchev–Trinajstić information content (AvgIpc) is 3.58. The molecule has 2 aromatic heterocycles. The van der Waals surface area contributed by atoms with Crippen molar-refractivity contribution in [1.82, 2.24) is 9.88 Å². The first-order valence-corrected chi connectivity index (χ1v) is 12.2. The number of rotatable bonds is 2. The lowest BCUT2D eigenvalue weighted by Crippen LogP contribution is -2.30. The molecule has 3 heterocycles. The maximum absolute atomic E-state index is 13.1. The normalized spacial score (nSPS) is 13.1. The SMILES string of the molecule is O=C(Nc1c[nH]c2ccccc12)N1Cc2ccc(-c3cccc4c3sc3ccccc34)cc2C1. The van der Waals surface area contributed by atoms with Crippen LogP contribution >= 0.6 is 11.3 Å². The van der Waals surface area contributed by atoms with E-state index in [2.05, 4.69) is 71.0 Å². The Kier molecular flexibility index (Phi) is 4.26. The Morgan fingerprint density at radius 1 is 0.824 bits per heavy atom. The van der Waals surface area contributed by atoms with Gasteiger partial charge in [-0.05, 0) is 40.5 Å². The van der Waals surface area contributed by atoms with Crippen LogP contribution in [-0.2, 0) is 13.1 Å². The molecule has 0 radical (unpaired) electrons. The molecule has 2 N–H and O–H groups in total. The van der Waals surface area contributed by atoms with Gasteiger partial charge in [-0.3, -0.25) is 0 Å². The van der Waals surface area contributed by atoms with E-state index in [0.29, 0.717) is 13.1 Å². The molecule has 5 heteroatoms. The van der Waals surface area contributed by atoms with Crippen LogP contribution in [0.5, 0.6) is 0 Å². The molecule has 7 rings (SSSR count). The molecule has 0 atom stereocenters. The maximum Gasteiger partial charge on any atom is 0.322 e. The van der Waals surface area contributed by atoms with E-state index in [1.807, 2.05) is 46.7 Å². The Bertz CT molecular complexity index is 1730. The molecule has 2 amide bonds. The molecule has 1 aliphatic rings. The number of thiophene rings is 1. The number of urea groups is 1. The highest BCUT2D eigenvalue weighted by Gasteiger charge is 2.24. The molecule has 4 aromatic carbocycles. The number of nitrogens with one attached hydrogen (secondary N) is 2. The van der Waals surface area contributed by atoms with E-state index in [9.17, 15) is 4.79 Å². The molecular formula is C29H21N3OS.